The number of esters is 2. The number of rotatable bonds is 13. The summed E-state index contributed by atoms with van der Waals surface area (Å²) in [6.07, 6.45) is 6.65. The van der Waals surface area contributed by atoms with E-state index < -0.39 is 17.4 Å². The van der Waals surface area contributed by atoms with Gasteiger partial charge >= 0.3 is 11.9 Å². The molecule has 6 nitrogen and oxygen atoms in total. The standard InChI is InChI=1S/C22H34O6/c1-6-7-8-9-10-15-28-18-12-11-17(16-19(18)25-3)13-14-22(2,20(23)26-4)21(24)27-5/h11-12,16H,6-10,13-15H2,1-5H3. The van der Waals surface area contributed by atoms with Crippen LogP contribution < -0.4 is 9.47 Å². The first-order valence-electron chi connectivity index (χ1n) is 9.89. The van der Waals surface area contributed by atoms with Crippen LogP contribution >= 0.6 is 0 Å². The molecule has 6 heteroatoms. The lowest BCUT2D eigenvalue weighted by Crippen LogP contribution is -2.38. The van der Waals surface area contributed by atoms with Crippen molar-refractivity contribution < 1.29 is 28.5 Å². The van der Waals surface area contributed by atoms with Gasteiger partial charge in [-0.3, -0.25) is 9.59 Å². The van der Waals surface area contributed by atoms with Crippen LogP contribution in [-0.4, -0.2) is 39.9 Å². The second-order valence-electron chi connectivity index (χ2n) is 7.06. The Labute approximate surface area is 168 Å². The zero-order valence-electron chi connectivity index (χ0n) is 17.8. The normalized spacial score (nSPS) is 11.0. The van der Waals surface area contributed by atoms with E-state index >= 15 is 0 Å². The first-order valence-corrected chi connectivity index (χ1v) is 9.89. The molecule has 0 aromatic heterocycles. The second kappa shape index (κ2) is 12.3. The summed E-state index contributed by atoms with van der Waals surface area (Å²) in [5.74, 6) is 0.137. The number of ether oxygens (including phenoxy) is 4. The Bertz CT molecular complexity index is 609. The van der Waals surface area contributed by atoms with Crippen molar-refractivity contribution in [3.8, 4) is 11.5 Å². The lowest BCUT2D eigenvalue weighted by atomic mass is 9.84. The number of carbonyl (C=O) groups is 2. The van der Waals surface area contributed by atoms with E-state index in [4.69, 9.17) is 18.9 Å². The Morgan fingerprint density at radius 1 is 0.929 bits per heavy atom. The van der Waals surface area contributed by atoms with Gasteiger partial charge in [0.2, 0.25) is 0 Å². The molecule has 0 fully saturated rings. The molecule has 28 heavy (non-hydrogen) atoms. The van der Waals surface area contributed by atoms with Crippen LogP contribution in [0.4, 0.5) is 0 Å². The Morgan fingerprint density at radius 2 is 1.57 bits per heavy atom. The lowest BCUT2D eigenvalue weighted by Gasteiger charge is -2.23. The van der Waals surface area contributed by atoms with E-state index in [0.717, 1.165) is 18.4 Å². The van der Waals surface area contributed by atoms with E-state index in [0.29, 0.717) is 24.5 Å². The largest absolute Gasteiger partial charge is 0.493 e. The van der Waals surface area contributed by atoms with E-state index in [9.17, 15) is 9.59 Å². The minimum atomic E-state index is -1.34. The van der Waals surface area contributed by atoms with Gasteiger partial charge in [-0.1, -0.05) is 38.7 Å². The molecule has 0 saturated heterocycles. The third-order valence-electron chi connectivity index (χ3n) is 4.92. The Morgan fingerprint density at radius 3 is 2.14 bits per heavy atom. The van der Waals surface area contributed by atoms with Crippen molar-refractivity contribution in [1.82, 2.24) is 0 Å². The average molecular weight is 395 g/mol. The van der Waals surface area contributed by atoms with Crippen molar-refractivity contribution in [2.45, 2.75) is 58.8 Å². The van der Waals surface area contributed by atoms with E-state index in [1.165, 1.54) is 40.4 Å². The number of benzene rings is 1. The number of aryl methyl sites for hydroxylation is 1. The van der Waals surface area contributed by atoms with Crippen molar-refractivity contribution in [1.29, 1.82) is 0 Å². The fraction of sp³-hybridized carbons (Fsp3) is 0.636. The van der Waals surface area contributed by atoms with Gasteiger partial charge in [0.05, 0.1) is 27.9 Å². The number of hydrogen-bond acceptors (Lipinski definition) is 6. The third kappa shape index (κ3) is 6.73. The van der Waals surface area contributed by atoms with Crippen LogP contribution in [0, 0.1) is 5.41 Å². The summed E-state index contributed by atoms with van der Waals surface area (Å²) >= 11 is 0. The third-order valence-corrected chi connectivity index (χ3v) is 4.92. The highest BCUT2D eigenvalue weighted by Crippen LogP contribution is 2.32. The van der Waals surface area contributed by atoms with E-state index in [1.807, 2.05) is 18.2 Å². The number of hydrogen-bond donors (Lipinski definition) is 0. The number of unbranched alkanes of at least 4 members (excludes halogenated alkanes) is 4. The molecule has 158 valence electrons. The summed E-state index contributed by atoms with van der Waals surface area (Å²) in [7, 11) is 4.13. The molecule has 0 radical (unpaired) electrons. The summed E-state index contributed by atoms with van der Waals surface area (Å²) in [4.78, 5) is 24.2. The molecule has 0 amide bonds. The molecule has 0 bridgehead atoms. The smallest absolute Gasteiger partial charge is 0.322 e. The highest BCUT2D eigenvalue weighted by Gasteiger charge is 2.43. The van der Waals surface area contributed by atoms with Crippen LogP contribution in [0.3, 0.4) is 0 Å². The van der Waals surface area contributed by atoms with Crippen LogP contribution in [0.1, 0.15) is 57.9 Å². The molecule has 0 heterocycles. The molecule has 0 N–H and O–H groups in total. The predicted molar refractivity (Wildman–Crippen MR) is 108 cm³/mol. The molecule has 1 aromatic rings. The van der Waals surface area contributed by atoms with Crippen LogP contribution in [0.25, 0.3) is 0 Å². The minimum absolute atomic E-state index is 0.271. The van der Waals surface area contributed by atoms with Crippen molar-refractivity contribution in [3.05, 3.63) is 23.8 Å². The van der Waals surface area contributed by atoms with Gasteiger partial charge in [0.25, 0.3) is 0 Å². The topological polar surface area (TPSA) is 71.1 Å². The monoisotopic (exact) mass is 394 g/mol. The molecule has 0 unspecified atom stereocenters. The van der Waals surface area contributed by atoms with E-state index in [-0.39, 0.29) is 6.42 Å². The van der Waals surface area contributed by atoms with Gasteiger partial charge in [0.1, 0.15) is 0 Å². The molecule has 0 aliphatic carbocycles. The van der Waals surface area contributed by atoms with Crippen LogP contribution in [0.2, 0.25) is 0 Å². The maximum Gasteiger partial charge on any atom is 0.322 e. The summed E-state index contributed by atoms with van der Waals surface area (Å²) < 4.78 is 20.9. The van der Waals surface area contributed by atoms with Gasteiger partial charge < -0.3 is 18.9 Å². The van der Waals surface area contributed by atoms with Crippen LogP contribution in [0.5, 0.6) is 11.5 Å². The predicted octanol–water partition coefficient (Wildman–Crippen LogP) is 4.33. The zero-order valence-corrected chi connectivity index (χ0v) is 17.8. The molecule has 1 rings (SSSR count). The number of carbonyl (C=O) groups excluding carboxylic acids is 2. The lowest BCUT2D eigenvalue weighted by molar-refractivity contribution is -0.168. The highest BCUT2D eigenvalue weighted by atomic mass is 16.5. The molecular formula is C22H34O6. The zero-order chi connectivity index (χ0) is 21.0. The first-order chi connectivity index (χ1) is 13.4. The quantitative estimate of drug-likeness (QED) is 0.282. The van der Waals surface area contributed by atoms with Gasteiger partial charge in [-0.05, 0) is 43.9 Å². The summed E-state index contributed by atoms with van der Waals surface area (Å²) in [5, 5.41) is 0. The SMILES string of the molecule is CCCCCCCOc1ccc(CCC(C)(C(=O)OC)C(=O)OC)cc1OC. The van der Waals surface area contributed by atoms with Crippen LogP contribution in [-0.2, 0) is 25.5 Å². The van der Waals surface area contributed by atoms with Gasteiger partial charge in [-0.15, -0.1) is 0 Å². The molecule has 0 saturated carbocycles. The van der Waals surface area contributed by atoms with Crippen LogP contribution in [0.15, 0.2) is 18.2 Å². The summed E-state index contributed by atoms with van der Waals surface area (Å²) in [6.45, 7) is 4.39. The van der Waals surface area contributed by atoms with Crippen molar-refractivity contribution in [2.24, 2.45) is 5.41 Å². The van der Waals surface area contributed by atoms with Gasteiger partial charge in [-0.2, -0.15) is 0 Å². The van der Waals surface area contributed by atoms with Crippen molar-refractivity contribution in [3.63, 3.8) is 0 Å². The first kappa shape index (κ1) is 23.8. The molecule has 0 aliphatic heterocycles. The number of methoxy groups -OCH3 is 3. The van der Waals surface area contributed by atoms with Gasteiger partial charge in [0.15, 0.2) is 16.9 Å². The average Bonchev–Trinajstić information content (AvgIpc) is 2.73. The minimum Gasteiger partial charge on any atom is -0.493 e. The molecule has 0 aliphatic rings. The summed E-state index contributed by atoms with van der Waals surface area (Å²) in [5.41, 5.74) is -0.407. The van der Waals surface area contributed by atoms with Crippen molar-refractivity contribution in [2.75, 3.05) is 27.9 Å². The Hall–Kier alpha value is -2.24. The second-order valence-corrected chi connectivity index (χ2v) is 7.06. The maximum absolute atomic E-state index is 12.1. The van der Waals surface area contributed by atoms with Crippen molar-refractivity contribution >= 4 is 11.9 Å². The molecule has 1 aromatic carbocycles. The molecular weight excluding hydrogens is 360 g/mol. The Kier molecular flexibility index (Phi) is 10.4. The van der Waals surface area contributed by atoms with Gasteiger partial charge in [-0.25, -0.2) is 0 Å². The van der Waals surface area contributed by atoms with Gasteiger partial charge in [0, 0.05) is 0 Å². The highest BCUT2D eigenvalue weighted by molar-refractivity contribution is 5.99. The summed E-state index contributed by atoms with van der Waals surface area (Å²) in [6, 6.07) is 5.67. The molecule has 0 spiro atoms. The van der Waals surface area contributed by atoms with E-state index in [1.54, 1.807) is 7.11 Å². The molecule has 0 atom stereocenters. The van der Waals surface area contributed by atoms with E-state index in [2.05, 4.69) is 6.92 Å². The maximum atomic E-state index is 12.1. The Balaban J connectivity index is 2.72. The fourth-order valence-electron chi connectivity index (χ4n) is 3.01. The fourth-order valence-corrected chi connectivity index (χ4v) is 3.01.